The Morgan fingerprint density at radius 1 is 0.324 bits per heavy atom. The fraction of sp³-hybridized carbons (Fsp3) is 0.412. The van der Waals surface area contributed by atoms with Gasteiger partial charge in [0.1, 0.15) is 52.4 Å². The number of oxime groups is 4. The minimum Gasteiger partial charge on any atom is -0.872 e. The van der Waals surface area contributed by atoms with Gasteiger partial charge >= 0.3 is 34.1 Å². The van der Waals surface area contributed by atoms with Crippen molar-refractivity contribution in [1.82, 2.24) is 0 Å². The second-order valence-electron chi connectivity index (χ2n) is 28.0. The second kappa shape index (κ2) is 43.7. The molecule has 0 spiro atoms. The molecule has 0 fully saturated rings. The predicted molar refractivity (Wildman–Crippen MR) is 367 cm³/mol. The largest absolute Gasteiger partial charge is 2.00 e. The minimum atomic E-state index is -1.75. The number of benzene rings is 6. The maximum absolute atomic E-state index is 13.0. The van der Waals surface area contributed by atoms with Crippen LogP contribution in [0.5, 0.6) is 23.0 Å². The van der Waals surface area contributed by atoms with Gasteiger partial charge in [-0.2, -0.15) is 0 Å². The van der Waals surface area contributed by atoms with Crippen molar-refractivity contribution >= 4 is 24.9 Å². The van der Waals surface area contributed by atoms with Crippen LogP contribution >= 0.6 is 0 Å². The quantitative estimate of drug-likeness (QED) is 0.0176. The van der Waals surface area contributed by atoms with Crippen LogP contribution in [0, 0.1) is 61.3 Å². The predicted octanol–water partition coefficient (Wildman–Crippen LogP) is 3.99. The third-order valence-electron chi connectivity index (χ3n) is 15.0. The molecule has 0 aliphatic heterocycles. The molecule has 0 heterocycles. The molecule has 2 radical (unpaired) electrons. The first kappa shape index (κ1) is 94.1. The van der Waals surface area contributed by atoms with Gasteiger partial charge in [-0.05, 0) is 101 Å². The normalized spacial score (nSPS) is 12.5. The van der Waals surface area contributed by atoms with Gasteiger partial charge in [-0.1, -0.05) is 212 Å². The minimum absolute atomic E-state index is 0. The van der Waals surface area contributed by atoms with Gasteiger partial charge in [0.25, 0.3) is 0 Å². The van der Waals surface area contributed by atoms with Crippen molar-refractivity contribution < 1.29 is 115 Å². The van der Waals surface area contributed by atoms with E-state index >= 15 is 0 Å². The Balaban J connectivity index is 0. The van der Waals surface area contributed by atoms with Gasteiger partial charge in [-0.15, -0.1) is 0 Å². The number of nitrogens with one attached hydrogen (secondary N) is 4. The van der Waals surface area contributed by atoms with Gasteiger partial charge < -0.3 is 122 Å². The van der Waals surface area contributed by atoms with Crippen molar-refractivity contribution in [3.05, 3.63) is 247 Å². The van der Waals surface area contributed by atoms with Crippen LogP contribution in [0.4, 0.5) is 0 Å². The number of hydrogen-bond donors (Lipinski definition) is 8. The SMILES string of the molecule is C[NH+](Cc1cccc(C[NH+](C)Cc2cc(C(C)(C)C)cc(/C=N/O)c2[O-])c1)Cc1cc(C(C)(C)C)cc(/C=N/O)c1[O-].C[NH+](Cc1cccc(C[NH+](C)Cc2cc(C(C)(C)C)cc(/C=N/O)c2[O-])c1)Cc1cc(C(C)(C)C)cc(/C=N/O)c1[O-].O=[N+]([O-])[O-].O=[N+]([O-])[O-].O=[N+]([O-])[O-].O=[N+]([O-])[O-].[Cu+2].[Cu+2]. The summed E-state index contributed by atoms with van der Waals surface area (Å²) in [5.41, 5.74) is 12.5. The Labute approximate surface area is 613 Å². The van der Waals surface area contributed by atoms with E-state index in [-0.39, 0.29) is 78.8 Å². The van der Waals surface area contributed by atoms with Gasteiger partial charge in [0.05, 0.1) is 73.4 Å². The van der Waals surface area contributed by atoms with Crippen LogP contribution in [-0.2, 0) is 108 Å². The van der Waals surface area contributed by atoms with E-state index < -0.39 is 20.3 Å². The van der Waals surface area contributed by atoms with E-state index in [2.05, 4.69) is 180 Å². The Bertz CT molecular complexity index is 3300. The molecule has 34 heteroatoms. The molecule has 6 rings (SSSR count). The van der Waals surface area contributed by atoms with Crippen molar-refractivity contribution in [1.29, 1.82) is 0 Å². The molecule has 102 heavy (non-hydrogen) atoms. The monoisotopic (exact) mass is 1520 g/mol. The third kappa shape index (κ3) is 35.4. The summed E-state index contributed by atoms with van der Waals surface area (Å²) in [5, 5.41) is 160. The third-order valence-corrected chi connectivity index (χ3v) is 15.0. The molecular weight excluding hydrogens is 1430 g/mol. The summed E-state index contributed by atoms with van der Waals surface area (Å²) < 4.78 is 0. The van der Waals surface area contributed by atoms with Gasteiger partial charge in [0.15, 0.2) is 0 Å². The van der Waals surface area contributed by atoms with E-state index in [1.54, 1.807) is 24.3 Å². The summed E-state index contributed by atoms with van der Waals surface area (Å²) in [6.07, 6.45) is 4.87. The van der Waals surface area contributed by atoms with E-state index in [4.69, 9.17) is 82.1 Å². The summed E-state index contributed by atoms with van der Waals surface area (Å²) in [7, 11) is 8.27. The average Bonchev–Trinajstić information content (AvgIpc) is 0.827. The molecule has 0 saturated heterocycles. The molecule has 32 nitrogen and oxygen atoms in total. The molecule has 4 unspecified atom stereocenters. The standard InChI is InChI=1S/2C34H46N4O4.2Cu.4NO3/c2*1-33(2,3)29-13-25(17-35-41)31(39)27(15-29)21-37(7)19-23-10-9-11-24(12-23)20-38(8)22-28-16-30(34(4,5)6)14-26(18-36-42)32(28)40;;;4*2-1(3)4/h2*9-18,39-42H,19-22H2,1-8H3;;;;;;/q;;2*+2;4*-1/b2*35-17+,36-18+;;;;;;. The van der Waals surface area contributed by atoms with Crippen LogP contribution in [0.2, 0.25) is 0 Å². The number of hydrogen-bond acceptors (Lipinski definition) is 24. The zero-order chi connectivity index (χ0) is 76.8. The summed E-state index contributed by atoms with van der Waals surface area (Å²) in [5.74, 6) is -0.441. The first-order chi connectivity index (χ1) is 46.2. The molecule has 4 atom stereocenters. The van der Waals surface area contributed by atoms with E-state index in [1.165, 1.54) is 24.9 Å². The first-order valence-electron chi connectivity index (χ1n) is 30.9. The molecule has 566 valence electrons. The van der Waals surface area contributed by atoms with Crippen LogP contribution in [0.3, 0.4) is 0 Å². The van der Waals surface area contributed by atoms with Crippen molar-refractivity contribution in [2.24, 2.45) is 20.6 Å². The maximum atomic E-state index is 13.0. The van der Waals surface area contributed by atoms with E-state index in [0.717, 1.165) is 90.3 Å². The van der Waals surface area contributed by atoms with Crippen molar-refractivity contribution in [2.45, 2.75) is 157 Å². The number of quaternary nitrogens is 4. The Morgan fingerprint density at radius 3 is 0.618 bits per heavy atom. The topological polar surface area (TPSA) is 505 Å². The molecule has 6 aromatic rings. The molecule has 0 bridgehead atoms. The molecule has 0 aliphatic carbocycles. The van der Waals surface area contributed by atoms with Crippen molar-refractivity contribution in [2.75, 3.05) is 28.2 Å². The van der Waals surface area contributed by atoms with E-state index in [0.29, 0.717) is 70.7 Å². The Hall–Kier alpha value is -9.92. The first-order valence-corrected chi connectivity index (χ1v) is 30.9. The summed E-state index contributed by atoms with van der Waals surface area (Å²) in [6.45, 7) is 30.3. The van der Waals surface area contributed by atoms with Crippen LogP contribution in [0.15, 0.2) is 118 Å². The fourth-order valence-electron chi connectivity index (χ4n) is 10.4. The van der Waals surface area contributed by atoms with Gasteiger partial charge in [-0.25, -0.2) is 0 Å². The van der Waals surface area contributed by atoms with Crippen molar-refractivity contribution in [3.8, 4) is 23.0 Å². The van der Waals surface area contributed by atoms with Crippen molar-refractivity contribution in [3.63, 3.8) is 0 Å². The van der Waals surface area contributed by atoms with Crippen LogP contribution < -0.4 is 40.0 Å². The van der Waals surface area contributed by atoms with Crippen LogP contribution in [-0.4, -0.2) is 94.2 Å². The maximum Gasteiger partial charge on any atom is 2.00 e. The molecule has 0 amide bonds. The van der Waals surface area contributed by atoms with Crippen LogP contribution in [0.1, 0.15) is 172 Å². The zero-order valence-corrected chi connectivity index (χ0v) is 61.6. The fourth-order valence-corrected chi connectivity index (χ4v) is 10.4. The van der Waals surface area contributed by atoms with Gasteiger partial charge in [0, 0.05) is 22.3 Å². The molecule has 0 aliphatic rings. The molecule has 0 saturated carbocycles. The van der Waals surface area contributed by atoms with E-state index in [1.807, 2.05) is 24.3 Å². The Morgan fingerprint density at radius 2 is 0.480 bits per heavy atom. The summed E-state index contributed by atoms with van der Waals surface area (Å²) in [6, 6.07) is 32.0. The van der Waals surface area contributed by atoms with Gasteiger partial charge in [0.2, 0.25) is 0 Å². The molecule has 6 aromatic carbocycles. The average molecular weight is 1520 g/mol. The smallest absolute Gasteiger partial charge is 0.872 e. The number of rotatable bonds is 20. The van der Waals surface area contributed by atoms with E-state index in [9.17, 15) is 20.4 Å². The zero-order valence-electron chi connectivity index (χ0n) is 59.7. The summed E-state index contributed by atoms with van der Waals surface area (Å²) >= 11 is 0. The molecular formula is C68H92Cu2N12O20. The van der Waals surface area contributed by atoms with Crippen LogP contribution in [0.25, 0.3) is 0 Å². The Kier molecular flexibility index (Phi) is 40.3. The summed E-state index contributed by atoms with van der Waals surface area (Å²) in [4.78, 5) is 37.7. The molecule has 0 aromatic heterocycles. The second-order valence-corrected chi connectivity index (χ2v) is 28.0. The molecule has 8 N–H and O–H groups in total. The van der Waals surface area contributed by atoms with Gasteiger partial charge in [-0.3, -0.25) is 0 Å². The number of nitrogens with zero attached hydrogens (tertiary/aromatic N) is 8.